The molecule has 0 heterocycles. The molecule has 0 fully saturated rings. The van der Waals surface area contributed by atoms with Gasteiger partial charge in [0.1, 0.15) is 13.2 Å². The van der Waals surface area contributed by atoms with Crippen LogP contribution in [0.2, 0.25) is 0 Å². The van der Waals surface area contributed by atoms with Crippen molar-refractivity contribution >= 4 is 17.9 Å². The maximum Gasteiger partial charge on any atom is 0.306 e. The molecule has 0 radical (unpaired) electrons. The van der Waals surface area contributed by atoms with Gasteiger partial charge < -0.3 is 14.2 Å². The molecule has 0 aromatic heterocycles. The van der Waals surface area contributed by atoms with Crippen LogP contribution in [0.5, 0.6) is 0 Å². The fraction of sp³-hybridized carbons (Fsp3) is 0.904. The van der Waals surface area contributed by atoms with Gasteiger partial charge in [0.25, 0.3) is 0 Å². The van der Waals surface area contributed by atoms with Gasteiger partial charge in [-0.25, -0.2) is 0 Å². The Morgan fingerprint density at radius 2 is 0.456 bits per heavy atom. The molecule has 0 amide bonds. The van der Waals surface area contributed by atoms with Gasteiger partial charge in [0.15, 0.2) is 6.10 Å². The van der Waals surface area contributed by atoms with E-state index in [0.717, 1.165) is 64.2 Å². The minimum absolute atomic E-state index is 0.0639. The zero-order chi connectivity index (χ0) is 57.1. The molecule has 0 aromatic carbocycles. The highest BCUT2D eigenvalue weighted by molar-refractivity contribution is 5.71. The highest BCUT2D eigenvalue weighted by atomic mass is 16.6. The Morgan fingerprint density at radius 1 is 0.253 bits per heavy atom. The zero-order valence-electron chi connectivity index (χ0n) is 53.7. The summed E-state index contributed by atoms with van der Waals surface area (Å²) in [7, 11) is 0. The van der Waals surface area contributed by atoms with Crippen LogP contribution < -0.4 is 0 Å². The maximum absolute atomic E-state index is 12.9. The van der Waals surface area contributed by atoms with E-state index >= 15 is 0 Å². The quantitative estimate of drug-likeness (QED) is 0.0261. The Balaban J connectivity index is 4.07. The summed E-state index contributed by atoms with van der Waals surface area (Å²) < 4.78 is 17.0. The van der Waals surface area contributed by atoms with E-state index in [1.807, 2.05) is 0 Å². The van der Waals surface area contributed by atoms with Crippen molar-refractivity contribution in [2.75, 3.05) is 13.2 Å². The van der Waals surface area contributed by atoms with Gasteiger partial charge in [0.2, 0.25) is 0 Å². The molecule has 466 valence electrons. The van der Waals surface area contributed by atoms with Crippen molar-refractivity contribution in [3.05, 3.63) is 24.3 Å². The lowest BCUT2D eigenvalue weighted by Crippen LogP contribution is -2.30. The Morgan fingerprint density at radius 3 is 0.696 bits per heavy atom. The Bertz CT molecular complexity index is 1270. The van der Waals surface area contributed by atoms with Crippen molar-refractivity contribution in [1.29, 1.82) is 0 Å². The van der Waals surface area contributed by atoms with Crippen LogP contribution in [0.15, 0.2) is 24.3 Å². The first-order chi connectivity index (χ1) is 39.0. The van der Waals surface area contributed by atoms with Gasteiger partial charge in [-0.05, 0) is 51.4 Å². The molecule has 0 bridgehead atoms. The van der Waals surface area contributed by atoms with E-state index in [2.05, 4.69) is 45.1 Å². The number of esters is 3. The molecule has 0 aliphatic heterocycles. The average molecular weight is 1110 g/mol. The summed E-state index contributed by atoms with van der Waals surface area (Å²) >= 11 is 0. The molecule has 0 aromatic rings. The molecular weight excluding hydrogens is 973 g/mol. The lowest BCUT2D eigenvalue weighted by Gasteiger charge is -2.18. The molecule has 79 heavy (non-hydrogen) atoms. The maximum atomic E-state index is 12.9. The number of carbonyl (C=O) groups is 3. The number of hydrogen-bond donors (Lipinski definition) is 0. The lowest BCUT2D eigenvalue weighted by molar-refractivity contribution is -0.167. The first-order valence-electron chi connectivity index (χ1n) is 35.8. The first kappa shape index (κ1) is 76.9. The number of allylic oxidation sites excluding steroid dienone is 4. The number of unbranched alkanes of at least 4 members (excludes halogenated alkanes) is 52. The van der Waals surface area contributed by atoms with Crippen LogP contribution in [-0.4, -0.2) is 37.2 Å². The van der Waals surface area contributed by atoms with Gasteiger partial charge in [0, 0.05) is 19.3 Å². The number of ether oxygens (including phenoxy) is 3. The summed E-state index contributed by atoms with van der Waals surface area (Å²) in [5, 5.41) is 0. The molecule has 0 spiro atoms. The first-order valence-corrected chi connectivity index (χ1v) is 35.8. The van der Waals surface area contributed by atoms with E-state index in [4.69, 9.17) is 14.2 Å². The topological polar surface area (TPSA) is 78.9 Å². The fourth-order valence-corrected chi connectivity index (χ4v) is 11.1. The van der Waals surface area contributed by atoms with E-state index in [-0.39, 0.29) is 31.1 Å². The Labute approximate surface area is 493 Å². The molecule has 0 aliphatic carbocycles. The third-order valence-electron chi connectivity index (χ3n) is 16.5. The van der Waals surface area contributed by atoms with E-state index in [0.29, 0.717) is 19.3 Å². The van der Waals surface area contributed by atoms with Gasteiger partial charge in [-0.15, -0.1) is 0 Å². The summed E-state index contributed by atoms with van der Waals surface area (Å²) in [6, 6.07) is 0. The van der Waals surface area contributed by atoms with Gasteiger partial charge in [-0.2, -0.15) is 0 Å². The third-order valence-corrected chi connectivity index (χ3v) is 16.5. The van der Waals surface area contributed by atoms with Crippen LogP contribution in [0, 0.1) is 0 Å². The van der Waals surface area contributed by atoms with Crippen LogP contribution in [0.3, 0.4) is 0 Å². The second-order valence-electron chi connectivity index (χ2n) is 24.5. The van der Waals surface area contributed by atoms with E-state index in [9.17, 15) is 14.4 Å². The number of rotatable bonds is 67. The van der Waals surface area contributed by atoms with E-state index < -0.39 is 6.10 Å². The smallest absolute Gasteiger partial charge is 0.306 e. The average Bonchev–Trinajstić information content (AvgIpc) is 3.45. The standard InChI is InChI=1S/C73H138O6/c1-4-7-10-13-16-19-21-23-25-27-29-31-33-34-35-36-37-38-40-41-43-45-47-49-51-54-57-60-63-66-72(75)78-69-70(68-77-71(74)65-62-59-56-53-18-15-12-9-6-3)79-73(76)67-64-61-58-55-52-50-48-46-44-42-39-32-30-28-26-24-22-20-17-14-11-8-5-2/h21,23,27,29,70H,4-20,22,24-26,28,30-69H2,1-3H3/b23-21-,29-27-. The minimum atomic E-state index is -0.765. The summed E-state index contributed by atoms with van der Waals surface area (Å²) in [4.78, 5) is 38.3. The monoisotopic (exact) mass is 1110 g/mol. The van der Waals surface area contributed by atoms with Gasteiger partial charge in [-0.1, -0.05) is 360 Å². The van der Waals surface area contributed by atoms with Crippen LogP contribution in [0.25, 0.3) is 0 Å². The summed E-state index contributed by atoms with van der Waals surface area (Å²) in [5.41, 5.74) is 0. The van der Waals surface area contributed by atoms with E-state index in [1.54, 1.807) is 0 Å². The SMILES string of the molecule is CCCCCCC/C=C\C/C=C\CCCCCCCCCCCCCCCCCCCC(=O)OCC(COC(=O)CCCCCCCCCCC)OC(=O)CCCCCCCCCCCCCCCCCCCCCCCCC. The largest absolute Gasteiger partial charge is 0.462 e. The third kappa shape index (κ3) is 66.6. The van der Waals surface area contributed by atoms with Crippen LogP contribution in [0.4, 0.5) is 0 Å². The minimum Gasteiger partial charge on any atom is -0.462 e. The second-order valence-corrected chi connectivity index (χ2v) is 24.5. The predicted octanol–water partition coefficient (Wildman–Crippen LogP) is 24.6. The van der Waals surface area contributed by atoms with E-state index in [1.165, 1.54) is 302 Å². The van der Waals surface area contributed by atoms with Gasteiger partial charge in [-0.3, -0.25) is 14.4 Å². The zero-order valence-corrected chi connectivity index (χ0v) is 53.7. The number of carbonyl (C=O) groups excluding carboxylic acids is 3. The normalized spacial score (nSPS) is 12.1. The van der Waals surface area contributed by atoms with Crippen molar-refractivity contribution in [3.8, 4) is 0 Å². The van der Waals surface area contributed by atoms with Crippen molar-refractivity contribution in [2.24, 2.45) is 0 Å². The second kappa shape index (κ2) is 68.4. The highest BCUT2D eigenvalue weighted by Crippen LogP contribution is 2.19. The Hall–Kier alpha value is -2.11. The van der Waals surface area contributed by atoms with Crippen LogP contribution in [-0.2, 0) is 28.6 Å². The van der Waals surface area contributed by atoms with Crippen LogP contribution in [0.1, 0.15) is 406 Å². The van der Waals surface area contributed by atoms with Crippen molar-refractivity contribution in [3.63, 3.8) is 0 Å². The summed E-state index contributed by atoms with van der Waals surface area (Å²) in [5.74, 6) is -0.834. The lowest BCUT2D eigenvalue weighted by atomic mass is 10.0. The molecule has 0 rings (SSSR count). The summed E-state index contributed by atoms with van der Waals surface area (Å²) in [6.45, 7) is 6.69. The highest BCUT2D eigenvalue weighted by Gasteiger charge is 2.19. The summed E-state index contributed by atoms with van der Waals surface area (Å²) in [6.07, 6.45) is 83.7. The molecule has 0 N–H and O–H groups in total. The molecule has 1 unspecified atom stereocenters. The van der Waals surface area contributed by atoms with Gasteiger partial charge >= 0.3 is 17.9 Å². The van der Waals surface area contributed by atoms with Crippen molar-refractivity contribution in [1.82, 2.24) is 0 Å². The van der Waals surface area contributed by atoms with Crippen LogP contribution >= 0.6 is 0 Å². The van der Waals surface area contributed by atoms with Gasteiger partial charge in [0.05, 0.1) is 0 Å². The van der Waals surface area contributed by atoms with Crippen molar-refractivity contribution < 1.29 is 28.6 Å². The molecule has 0 saturated heterocycles. The molecule has 6 heteroatoms. The molecular formula is C73H138O6. The molecule has 6 nitrogen and oxygen atoms in total. The molecule has 1 atom stereocenters. The fourth-order valence-electron chi connectivity index (χ4n) is 11.1. The molecule has 0 saturated carbocycles. The predicted molar refractivity (Wildman–Crippen MR) is 344 cm³/mol. The number of hydrogen-bond acceptors (Lipinski definition) is 6. The van der Waals surface area contributed by atoms with Crippen molar-refractivity contribution in [2.45, 2.75) is 412 Å². The molecule has 0 aliphatic rings. The Kier molecular flexibility index (Phi) is 66.6.